The van der Waals surface area contributed by atoms with Crippen LogP contribution in [0.25, 0.3) is 0 Å². The molecule has 1 aromatic rings. The van der Waals surface area contributed by atoms with Crippen LogP contribution in [0.5, 0.6) is 0 Å². The summed E-state index contributed by atoms with van der Waals surface area (Å²) in [7, 11) is 0.0439. The van der Waals surface area contributed by atoms with Gasteiger partial charge in [-0.05, 0) is 24.7 Å². The summed E-state index contributed by atoms with van der Waals surface area (Å²) < 4.78 is 11.0. The molecule has 80 valence electrons. The monoisotopic (exact) mass is 204 g/mol. The smallest absolute Gasteiger partial charge is 0.411 e. The molecular weight excluding hydrogens is 187 g/mol. The minimum atomic E-state index is 0.0439. The van der Waals surface area contributed by atoms with Crippen molar-refractivity contribution in [3.8, 4) is 0 Å². The van der Waals surface area contributed by atoms with Crippen molar-refractivity contribution >= 4 is 7.12 Å². The van der Waals surface area contributed by atoms with Gasteiger partial charge >= 0.3 is 7.12 Å². The van der Waals surface area contributed by atoms with E-state index in [0.717, 1.165) is 38.8 Å². The predicted octanol–water partition coefficient (Wildman–Crippen LogP) is 2.54. The number of aryl methyl sites for hydroxylation is 1. The fraction of sp³-hybridized carbons (Fsp3) is 0.500. The highest BCUT2D eigenvalue weighted by atomic mass is 16.6. The lowest BCUT2D eigenvalue weighted by molar-refractivity contribution is 0.133. The summed E-state index contributed by atoms with van der Waals surface area (Å²) in [6, 6.07) is 10.6. The summed E-state index contributed by atoms with van der Waals surface area (Å²) in [5.74, 6) is 0. The molecule has 1 aliphatic rings. The zero-order chi connectivity index (χ0) is 10.3. The first-order valence-electron chi connectivity index (χ1n) is 5.72. The summed E-state index contributed by atoms with van der Waals surface area (Å²) in [6.45, 7) is 1.71. The van der Waals surface area contributed by atoms with Crippen LogP contribution in [0.3, 0.4) is 0 Å². The molecule has 1 aliphatic heterocycles. The van der Waals surface area contributed by atoms with Crippen molar-refractivity contribution in [1.82, 2.24) is 0 Å². The first kappa shape index (κ1) is 10.7. The SMILES string of the molecule is c1ccc(CCCB2OCCCO2)cc1. The second-order valence-electron chi connectivity index (χ2n) is 3.90. The first-order valence-corrected chi connectivity index (χ1v) is 5.72. The lowest BCUT2D eigenvalue weighted by Crippen LogP contribution is -2.29. The van der Waals surface area contributed by atoms with Crippen LogP contribution < -0.4 is 0 Å². The van der Waals surface area contributed by atoms with Gasteiger partial charge in [0.05, 0.1) is 0 Å². The maximum Gasteiger partial charge on any atom is 0.456 e. The average molecular weight is 204 g/mol. The Labute approximate surface area is 91.7 Å². The molecule has 0 radical (unpaired) electrons. The van der Waals surface area contributed by atoms with Gasteiger partial charge < -0.3 is 9.31 Å². The van der Waals surface area contributed by atoms with E-state index in [2.05, 4.69) is 30.3 Å². The molecule has 0 bridgehead atoms. The molecule has 0 saturated carbocycles. The fourth-order valence-electron chi connectivity index (χ4n) is 1.82. The zero-order valence-corrected chi connectivity index (χ0v) is 9.02. The Kier molecular flexibility index (Phi) is 4.24. The molecule has 15 heavy (non-hydrogen) atoms. The number of benzene rings is 1. The third kappa shape index (κ3) is 3.69. The van der Waals surface area contributed by atoms with Gasteiger partial charge in [-0.15, -0.1) is 0 Å². The highest BCUT2D eigenvalue weighted by molar-refractivity contribution is 6.44. The normalized spacial score (nSPS) is 16.7. The Hall–Kier alpha value is -0.795. The molecule has 0 spiro atoms. The van der Waals surface area contributed by atoms with E-state index in [0.29, 0.717) is 0 Å². The fourth-order valence-corrected chi connectivity index (χ4v) is 1.82. The largest absolute Gasteiger partial charge is 0.456 e. The highest BCUT2D eigenvalue weighted by Crippen LogP contribution is 2.11. The molecule has 0 aromatic heterocycles. The van der Waals surface area contributed by atoms with Gasteiger partial charge in [0.15, 0.2) is 0 Å². The van der Waals surface area contributed by atoms with Crippen LogP contribution in [0, 0.1) is 0 Å². The van der Waals surface area contributed by atoms with Crippen LogP contribution in [0.4, 0.5) is 0 Å². The van der Waals surface area contributed by atoms with Crippen molar-refractivity contribution in [2.24, 2.45) is 0 Å². The molecule has 1 fully saturated rings. The lowest BCUT2D eigenvalue weighted by atomic mass is 9.80. The molecule has 0 atom stereocenters. The maximum atomic E-state index is 5.49. The van der Waals surface area contributed by atoms with Crippen molar-refractivity contribution in [3.05, 3.63) is 35.9 Å². The van der Waals surface area contributed by atoms with E-state index >= 15 is 0 Å². The molecule has 1 aromatic carbocycles. The molecule has 0 aliphatic carbocycles. The third-order valence-corrected chi connectivity index (χ3v) is 2.64. The van der Waals surface area contributed by atoms with Crippen LogP contribution in [0.1, 0.15) is 18.4 Å². The van der Waals surface area contributed by atoms with E-state index in [1.54, 1.807) is 0 Å². The average Bonchev–Trinajstić information content (AvgIpc) is 2.32. The summed E-state index contributed by atoms with van der Waals surface area (Å²) >= 11 is 0. The Bertz CT molecular complexity index is 270. The van der Waals surface area contributed by atoms with Crippen LogP contribution in [-0.2, 0) is 15.7 Å². The van der Waals surface area contributed by atoms with Crippen molar-refractivity contribution < 1.29 is 9.31 Å². The summed E-state index contributed by atoms with van der Waals surface area (Å²) in [6.07, 6.45) is 4.29. The Morgan fingerprint density at radius 3 is 2.53 bits per heavy atom. The highest BCUT2D eigenvalue weighted by Gasteiger charge is 2.20. The second kappa shape index (κ2) is 5.94. The van der Waals surface area contributed by atoms with Gasteiger partial charge in [0, 0.05) is 13.2 Å². The summed E-state index contributed by atoms with van der Waals surface area (Å²) in [5, 5.41) is 0. The Morgan fingerprint density at radius 1 is 1.07 bits per heavy atom. The number of rotatable bonds is 4. The molecule has 1 saturated heterocycles. The van der Waals surface area contributed by atoms with Crippen molar-refractivity contribution in [2.75, 3.05) is 13.2 Å². The lowest BCUT2D eigenvalue weighted by Gasteiger charge is -2.19. The van der Waals surface area contributed by atoms with Gasteiger partial charge in [0.2, 0.25) is 0 Å². The van der Waals surface area contributed by atoms with E-state index in [-0.39, 0.29) is 7.12 Å². The molecule has 1 heterocycles. The quantitative estimate of drug-likeness (QED) is 0.701. The topological polar surface area (TPSA) is 18.5 Å². The van der Waals surface area contributed by atoms with Gasteiger partial charge in [-0.2, -0.15) is 0 Å². The first-order chi connectivity index (χ1) is 7.45. The summed E-state index contributed by atoms with van der Waals surface area (Å²) in [4.78, 5) is 0. The Morgan fingerprint density at radius 2 is 1.80 bits per heavy atom. The van der Waals surface area contributed by atoms with Gasteiger partial charge in [0.1, 0.15) is 0 Å². The molecule has 2 rings (SSSR count). The van der Waals surface area contributed by atoms with E-state index in [1.807, 2.05) is 0 Å². The number of hydrogen-bond donors (Lipinski definition) is 0. The van der Waals surface area contributed by atoms with E-state index in [9.17, 15) is 0 Å². The molecule has 0 N–H and O–H groups in total. The Balaban J connectivity index is 1.66. The third-order valence-electron chi connectivity index (χ3n) is 2.64. The van der Waals surface area contributed by atoms with Crippen LogP contribution in [0.15, 0.2) is 30.3 Å². The zero-order valence-electron chi connectivity index (χ0n) is 9.02. The summed E-state index contributed by atoms with van der Waals surface area (Å²) in [5.41, 5.74) is 1.40. The van der Waals surface area contributed by atoms with Crippen molar-refractivity contribution in [3.63, 3.8) is 0 Å². The van der Waals surface area contributed by atoms with Crippen LogP contribution in [0.2, 0.25) is 6.32 Å². The van der Waals surface area contributed by atoms with Gasteiger partial charge in [0.25, 0.3) is 0 Å². The van der Waals surface area contributed by atoms with Gasteiger partial charge in [-0.1, -0.05) is 36.8 Å². The van der Waals surface area contributed by atoms with E-state index < -0.39 is 0 Å². The van der Waals surface area contributed by atoms with Crippen LogP contribution in [-0.4, -0.2) is 20.3 Å². The molecule has 3 heteroatoms. The van der Waals surface area contributed by atoms with E-state index in [1.165, 1.54) is 5.56 Å². The van der Waals surface area contributed by atoms with Crippen molar-refractivity contribution in [2.45, 2.75) is 25.6 Å². The molecule has 0 amide bonds. The van der Waals surface area contributed by atoms with Crippen LogP contribution >= 0.6 is 0 Å². The van der Waals surface area contributed by atoms with Gasteiger partial charge in [-0.25, -0.2) is 0 Å². The van der Waals surface area contributed by atoms with Crippen molar-refractivity contribution in [1.29, 1.82) is 0 Å². The minimum Gasteiger partial charge on any atom is -0.411 e. The standard InChI is InChI=1S/C12H17BO2/c1-2-6-12(7-3-1)8-4-9-13-14-10-5-11-15-13/h1-3,6-7H,4-5,8-11H2. The van der Waals surface area contributed by atoms with E-state index in [4.69, 9.17) is 9.31 Å². The number of hydrogen-bond acceptors (Lipinski definition) is 2. The van der Waals surface area contributed by atoms with Gasteiger partial charge in [-0.3, -0.25) is 0 Å². The molecular formula is C12H17BO2. The molecule has 2 nitrogen and oxygen atoms in total. The minimum absolute atomic E-state index is 0.0439. The maximum absolute atomic E-state index is 5.49. The second-order valence-corrected chi connectivity index (χ2v) is 3.90. The molecule has 0 unspecified atom stereocenters. The predicted molar refractivity (Wildman–Crippen MR) is 61.8 cm³/mol.